The van der Waals surface area contributed by atoms with Gasteiger partial charge in [-0.2, -0.15) is 0 Å². The minimum atomic E-state index is -0.549. The highest BCUT2D eigenvalue weighted by atomic mass is 16.6. The normalized spacial score (nSPS) is 17.7. The zero-order valence-electron chi connectivity index (χ0n) is 21.0. The fraction of sp³-hybridized carbons (Fsp3) is 0.654. The third kappa shape index (κ3) is 8.31. The molecule has 0 spiro atoms. The molecule has 8 nitrogen and oxygen atoms in total. The van der Waals surface area contributed by atoms with Crippen molar-refractivity contribution in [2.45, 2.75) is 65.0 Å². The Morgan fingerprint density at radius 1 is 1.06 bits per heavy atom. The highest BCUT2D eigenvalue weighted by molar-refractivity contribution is 5.99. The van der Waals surface area contributed by atoms with Crippen LogP contribution in [0.4, 0.5) is 4.79 Å². The second-order valence-corrected chi connectivity index (χ2v) is 10.2. The number of amides is 2. The van der Waals surface area contributed by atoms with Gasteiger partial charge in [0.15, 0.2) is 5.78 Å². The van der Waals surface area contributed by atoms with Crippen molar-refractivity contribution in [3.05, 3.63) is 29.8 Å². The van der Waals surface area contributed by atoms with E-state index in [2.05, 4.69) is 17.1 Å². The van der Waals surface area contributed by atoms with Gasteiger partial charge in [-0.15, -0.1) is 0 Å². The molecule has 188 valence electrons. The first-order valence-corrected chi connectivity index (χ1v) is 12.4. The Bertz CT molecular complexity index is 837. The van der Waals surface area contributed by atoms with E-state index in [9.17, 15) is 14.4 Å². The summed E-state index contributed by atoms with van der Waals surface area (Å²) < 4.78 is 11.1. The number of carbonyl (C=O) groups is 3. The summed E-state index contributed by atoms with van der Waals surface area (Å²) in [4.78, 5) is 40.5. The lowest BCUT2D eigenvalue weighted by Gasteiger charge is -2.38. The average Bonchev–Trinajstić information content (AvgIpc) is 3.63. The van der Waals surface area contributed by atoms with Crippen LogP contribution in [0.25, 0.3) is 0 Å². The number of piperazine rings is 1. The standard InChI is InChI=1S/C26H39N3O5/c1-19(12-18-33-22-9-7-21(8-10-22)24(31)20-5-6-20)28-14-16-29(17-15-28)23(30)11-13-27-25(32)34-26(2,3)4/h7-10,19-20H,5-6,11-18H2,1-4H3,(H,27,32). The van der Waals surface area contributed by atoms with Crippen LogP contribution < -0.4 is 10.1 Å². The molecule has 1 atom stereocenters. The van der Waals surface area contributed by atoms with Gasteiger partial charge in [0.1, 0.15) is 11.4 Å². The molecule has 1 aromatic rings. The van der Waals surface area contributed by atoms with Crippen LogP contribution in [0.2, 0.25) is 0 Å². The number of rotatable bonds is 10. The monoisotopic (exact) mass is 473 g/mol. The molecule has 1 heterocycles. The third-order valence-electron chi connectivity index (χ3n) is 6.19. The predicted octanol–water partition coefficient (Wildman–Crippen LogP) is 3.50. The number of nitrogens with one attached hydrogen (secondary N) is 1. The summed E-state index contributed by atoms with van der Waals surface area (Å²) in [6, 6.07) is 7.82. The zero-order valence-corrected chi connectivity index (χ0v) is 21.0. The van der Waals surface area contributed by atoms with Gasteiger partial charge in [0.2, 0.25) is 5.91 Å². The first-order chi connectivity index (χ1) is 16.1. The van der Waals surface area contributed by atoms with E-state index in [4.69, 9.17) is 9.47 Å². The summed E-state index contributed by atoms with van der Waals surface area (Å²) in [6.07, 6.45) is 2.69. The van der Waals surface area contributed by atoms with E-state index in [0.29, 0.717) is 25.7 Å². The highest BCUT2D eigenvalue weighted by Crippen LogP contribution is 2.32. The van der Waals surface area contributed by atoms with Crippen LogP contribution in [0.15, 0.2) is 24.3 Å². The van der Waals surface area contributed by atoms with Crippen LogP contribution >= 0.6 is 0 Å². The van der Waals surface area contributed by atoms with Gasteiger partial charge in [-0.1, -0.05) is 0 Å². The smallest absolute Gasteiger partial charge is 0.407 e. The Hall–Kier alpha value is -2.61. The number of Topliss-reactive ketones (excluding diaryl/α,β-unsaturated/α-hetero) is 1. The second-order valence-electron chi connectivity index (χ2n) is 10.2. The van der Waals surface area contributed by atoms with Crippen LogP contribution in [0.3, 0.4) is 0 Å². The molecule has 1 unspecified atom stereocenters. The van der Waals surface area contributed by atoms with Crippen LogP contribution in [-0.2, 0) is 9.53 Å². The van der Waals surface area contributed by atoms with Crippen molar-refractivity contribution in [1.29, 1.82) is 0 Å². The van der Waals surface area contributed by atoms with E-state index in [1.165, 1.54) is 0 Å². The van der Waals surface area contributed by atoms with Gasteiger partial charge in [0.25, 0.3) is 0 Å². The maximum atomic E-state index is 12.5. The van der Waals surface area contributed by atoms with Crippen molar-refractivity contribution in [3.63, 3.8) is 0 Å². The van der Waals surface area contributed by atoms with Gasteiger partial charge in [0.05, 0.1) is 6.61 Å². The van der Waals surface area contributed by atoms with Crippen molar-refractivity contribution in [3.8, 4) is 5.75 Å². The molecule has 0 bridgehead atoms. The minimum Gasteiger partial charge on any atom is -0.494 e. The molecule has 8 heteroatoms. The van der Waals surface area contributed by atoms with Crippen molar-refractivity contribution in [2.24, 2.45) is 5.92 Å². The van der Waals surface area contributed by atoms with E-state index in [1.807, 2.05) is 29.2 Å². The van der Waals surface area contributed by atoms with Crippen LogP contribution in [-0.4, -0.2) is 78.6 Å². The topological polar surface area (TPSA) is 88.2 Å². The van der Waals surface area contributed by atoms with Gasteiger partial charge < -0.3 is 19.7 Å². The van der Waals surface area contributed by atoms with Crippen LogP contribution in [0.1, 0.15) is 63.7 Å². The maximum Gasteiger partial charge on any atom is 0.407 e. The van der Waals surface area contributed by atoms with Gasteiger partial charge in [0, 0.05) is 56.7 Å². The SMILES string of the molecule is CC(CCOc1ccc(C(=O)C2CC2)cc1)N1CCN(C(=O)CCNC(=O)OC(C)(C)C)CC1. The van der Waals surface area contributed by atoms with E-state index in [1.54, 1.807) is 20.8 Å². The molecule has 2 amide bonds. The lowest BCUT2D eigenvalue weighted by Crippen LogP contribution is -2.51. The molecule has 1 aliphatic heterocycles. The molecule has 34 heavy (non-hydrogen) atoms. The molecule has 0 aromatic heterocycles. The fourth-order valence-electron chi connectivity index (χ4n) is 3.98. The maximum absolute atomic E-state index is 12.5. The minimum absolute atomic E-state index is 0.0512. The Morgan fingerprint density at radius 3 is 2.29 bits per heavy atom. The summed E-state index contributed by atoms with van der Waals surface area (Å²) >= 11 is 0. The number of benzene rings is 1. The fourth-order valence-corrected chi connectivity index (χ4v) is 3.98. The van der Waals surface area contributed by atoms with Crippen molar-refractivity contribution in [2.75, 3.05) is 39.3 Å². The first kappa shape index (κ1) is 26.0. The summed E-state index contributed by atoms with van der Waals surface area (Å²) in [5.74, 6) is 1.32. The molecule has 3 rings (SSSR count). The summed E-state index contributed by atoms with van der Waals surface area (Å²) in [5, 5.41) is 2.64. The Balaban J connectivity index is 1.29. The van der Waals surface area contributed by atoms with Gasteiger partial charge >= 0.3 is 6.09 Å². The molecular formula is C26H39N3O5. The van der Waals surface area contributed by atoms with Gasteiger partial charge in [-0.05, 0) is 71.2 Å². The van der Waals surface area contributed by atoms with E-state index in [0.717, 1.165) is 43.7 Å². The molecular weight excluding hydrogens is 434 g/mol. The second kappa shape index (κ2) is 11.7. The molecule has 0 radical (unpaired) electrons. The number of carbonyl (C=O) groups excluding carboxylic acids is 3. The number of alkyl carbamates (subject to hydrolysis) is 1. The lowest BCUT2D eigenvalue weighted by molar-refractivity contribution is -0.133. The third-order valence-corrected chi connectivity index (χ3v) is 6.19. The molecule has 1 aromatic carbocycles. The predicted molar refractivity (Wildman–Crippen MR) is 130 cm³/mol. The molecule has 1 aliphatic carbocycles. The van der Waals surface area contributed by atoms with Crippen molar-refractivity contribution < 1.29 is 23.9 Å². The average molecular weight is 474 g/mol. The Labute approximate surface area is 202 Å². The van der Waals surface area contributed by atoms with Gasteiger partial charge in [-0.25, -0.2) is 4.79 Å². The van der Waals surface area contributed by atoms with Gasteiger partial charge in [-0.3, -0.25) is 14.5 Å². The number of hydrogen-bond donors (Lipinski definition) is 1. The largest absolute Gasteiger partial charge is 0.494 e. The lowest BCUT2D eigenvalue weighted by atomic mass is 10.1. The number of ketones is 1. The Morgan fingerprint density at radius 2 is 1.71 bits per heavy atom. The van der Waals surface area contributed by atoms with Crippen molar-refractivity contribution in [1.82, 2.24) is 15.1 Å². The van der Waals surface area contributed by atoms with Crippen LogP contribution in [0, 0.1) is 5.92 Å². The molecule has 1 saturated heterocycles. The Kier molecular flexibility index (Phi) is 8.94. The number of ether oxygens (including phenoxy) is 2. The van der Waals surface area contributed by atoms with E-state index < -0.39 is 11.7 Å². The van der Waals surface area contributed by atoms with E-state index in [-0.39, 0.29) is 30.6 Å². The van der Waals surface area contributed by atoms with Crippen LogP contribution in [0.5, 0.6) is 5.75 Å². The molecule has 1 saturated carbocycles. The number of nitrogens with zero attached hydrogens (tertiary/aromatic N) is 2. The molecule has 2 aliphatic rings. The van der Waals surface area contributed by atoms with E-state index >= 15 is 0 Å². The zero-order chi connectivity index (χ0) is 24.7. The highest BCUT2D eigenvalue weighted by Gasteiger charge is 2.30. The molecule has 2 fully saturated rings. The summed E-state index contributed by atoms with van der Waals surface area (Å²) in [7, 11) is 0. The summed E-state index contributed by atoms with van der Waals surface area (Å²) in [5.41, 5.74) is 0.225. The van der Waals surface area contributed by atoms with Crippen molar-refractivity contribution >= 4 is 17.8 Å². The quantitative estimate of drug-likeness (QED) is 0.524. The number of hydrogen-bond acceptors (Lipinski definition) is 6. The first-order valence-electron chi connectivity index (χ1n) is 12.4. The summed E-state index contributed by atoms with van der Waals surface area (Å²) in [6.45, 7) is 11.5. The molecule has 1 N–H and O–H groups in total.